The topological polar surface area (TPSA) is 82.7 Å². The van der Waals surface area contributed by atoms with Crippen molar-refractivity contribution in [3.05, 3.63) is 77.0 Å². The molecule has 0 saturated heterocycles. The number of aromatic amines is 1. The molecule has 0 radical (unpaired) electrons. The van der Waals surface area contributed by atoms with Gasteiger partial charge in [-0.15, -0.1) is 0 Å². The van der Waals surface area contributed by atoms with Crippen molar-refractivity contribution in [2.45, 2.75) is 23.9 Å². The maximum Gasteiger partial charge on any atom is 0.416 e. The molecule has 0 atom stereocenters. The first kappa shape index (κ1) is 24.9. The average molecular weight is 537 g/mol. The van der Waals surface area contributed by atoms with Gasteiger partial charge in [0.2, 0.25) is 5.78 Å². The number of H-pyrrole nitrogens is 1. The Bertz CT molecular complexity index is 1500. The van der Waals surface area contributed by atoms with Crippen molar-refractivity contribution in [2.24, 2.45) is 5.92 Å². The fraction of sp³-hybridized carbons (Fsp3) is 0.208. The molecule has 13 heteroatoms. The third kappa shape index (κ3) is 5.08. The largest absolute Gasteiger partial charge is 0.416 e. The van der Waals surface area contributed by atoms with Crippen LogP contribution >= 0.6 is 11.9 Å². The van der Waals surface area contributed by atoms with E-state index in [9.17, 15) is 26.7 Å². The molecule has 0 aliphatic heterocycles. The van der Waals surface area contributed by atoms with E-state index in [4.69, 9.17) is 0 Å². The third-order valence-corrected chi connectivity index (χ3v) is 6.67. The van der Waals surface area contributed by atoms with Crippen LogP contribution in [-0.4, -0.2) is 27.3 Å². The van der Waals surface area contributed by atoms with Gasteiger partial charge >= 0.3 is 6.18 Å². The Balaban J connectivity index is 1.45. The molecule has 0 amide bonds. The normalized spacial score (nSPS) is 13.7. The predicted octanol–water partition coefficient (Wildman–Crippen LogP) is 6.57. The van der Waals surface area contributed by atoms with Gasteiger partial charge in [-0.1, -0.05) is 0 Å². The molecule has 1 fully saturated rings. The van der Waals surface area contributed by atoms with Crippen LogP contribution in [0.15, 0.2) is 47.8 Å². The molecule has 192 valence electrons. The van der Waals surface area contributed by atoms with E-state index < -0.39 is 51.1 Å². The van der Waals surface area contributed by atoms with Gasteiger partial charge in [-0.05, 0) is 61.0 Å². The molecule has 5 rings (SSSR count). The van der Waals surface area contributed by atoms with E-state index in [1.165, 1.54) is 12.5 Å². The lowest BCUT2D eigenvalue weighted by atomic mass is 10.0. The number of aromatic nitrogens is 3. The third-order valence-electron chi connectivity index (χ3n) is 5.82. The standard InChI is InChI=1S/C24H17F6N5OS/c25-14-4-3-12(24(28,29)30)7-17(14)37-35-16-6-5-15(26)19(20(16)27)21(36)13-9-32-23-18(13)22(33-10-34-23)31-8-11-1-2-11/h3-7,9-11,35H,1-2,8H2,(H2,31,32,33,34). The molecular formula is C24H17F6N5OS. The first-order chi connectivity index (χ1) is 17.6. The van der Waals surface area contributed by atoms with Gasteiger partial charge < -0.3 is 15.0 Å². The number of ketones is 1. The fourth-order valence-corrected chi connectivity index (χ4v) is 4.41. The molecule has 0 spiro atoms. The van der Waals surface area contributed by atoms with E-state index in [1.54, 1.807) is 0 Å². The number of fused-ring (bicyclic) bond motifs is 1. The van der Waals surface area contributed by atoms with Gasteiger partial charge in [0, 0.05) is 12.7 Å². The zero-order valence-corrected chi connectivity index (χ0v) is 19.5. The highest BCUT2D eigenvalue weighted by Crippen LogP contribution is 2.35. The summed E-state index contributed by atoms with van der Waals surface area (Å²) in [7, 11) is 0. The second-order valence-electron chi connectivity index (χ2n) is 8.43. The van der Waals surface area contributed by atoms with Crippen molar-refractivity contribution in [1.82, 2.24) is 15.0 Å². The van der Waals surface area contributed by atoms with Gasteiger partial charge in [0.05, 0.1) is 32.7 Å². The molecule has 6 nitrogen and oxygen atoms in total. The average Bonchev–Trinajstić information content (AvgIpc) is 3.58. The molecule has 1 saturated carbocycles. The highest BCUT2D eigenvalue weighted by molar-refractivity contribution is 8.00. The Morgan fingerprint density at radius 3 is 2.57 bits per heavy atom. The number of anilines is 2. The first-order valence-electron chi connectivity index (χ1n) is 11.0. The number of rotatable bonds is 8. The van der Waals surface area contributed by atoms with Crippen LogP contribution in [0.1, 0.15) is 34.3 Å². The smallest absolute Gasteiger partial charge is 0.369 e. The number of carbonyl (C=O) groups excluding carboxylic acids is 1. The summed E-state index contributed by atoms with van der Waals surface area (Å²) in [6.45, 7) is 0.621. The van der Waals surface area contributed by atoms with Crippen LogP contribution in [0, 0.1) is 23.4 Å². The Hall–Kier alpha value is -3.74. The molecule has 3 N–H and O–H groups in total. The lowest BCUT2D eigenvalue weighted by Crippen LogP contribution is -2.11. The summed E-state index contributed by atoms with van der Waals surface area (Å²) in [5, 5.41) is 3.41. The lowest BCUT2D eigenvalue weighted by molar-refractivity contribution is -0.137. The maximum atomic E-state index is 15.3. The molecule has 2 heterocycles. The number of nitrogens with one attached hydrogen (secondary N) is 3. The van der Waals surface area contributed by atoms with Crippen LogP contribution in [0.4, 0.5) is 37.8 Å². The minimum atomic E-state index is -4.71. The zero-order chi connectivity index (χ0) is 26.3. The summed E-state index contributed by atoms with van der Waals surface area (Å²) in [6, 6.07) is 3.56. The Morgan fingerprint density at radius 1 is 1.08 bits per heavy atom. The summed E-state index contributed by atoms with van der Waals surface area (Å²) in [5.74, 6) is -3.59. The fourth-order valence-electron chi connectivity index (χ4n) is 3.68. The number of carbonyl (C=O) groups is 1. The van der Waals surface area contributed by atoms with Crippen molar-refractivity contribution in [3.8, 4) is 0 Å². The quantitative estimate of drug-likeness (QED) is 0.134. The van der Waals surface area contributed by atoms with Crippen molar-refractivity contribution >= 4 is 40.3 Å². The van der Waals surface area contributed by atoms with E-state index in [1.807, 2.05) is 0 Å². The zero-order valence-electron chi connectivity index (χ0n) is 18.7. The highest BCUT2D eigenvalue weighted by Gasteiger charge is 2.31. The number of alkyl halides is 3. The predicted molar refractivity (Wildman–Crippen MR) is 126 cm³/mol. The minimum absolute atomic E-state index is 0.0691. The van der Waals surface area contributed by atoms with Gasteiger partial charge in [-0.25, -0.2) is 23.1 Å². The molecular weight excluding hydrogens is 520 g/mol. The van der Waals surface area contributed by atoms with E-state index in [0.29, 0.717) is 54.1 Å². The van der Waals surface area contributed by atoms with E-state index in [2.05, 4.69) is 25.0 Å². The molecule has 1 aliphatic rings. The summed E-state index contributed by atoms with van der Waals surface area (Å²) in [6.07, 6.45) is -0.00934. The lowest BCUT2D eigenvalue weighted by Gasteiger charge is -2.13. The van der Waals surface area contributed by atoms with E-state index in [-0.39, 0.29) is 10.9 Å². The van der Waals surface area contributed by atoms with E-state index >= 15 is 4.39 Å². The van der Waals surface area contributed by atoms with Gasteiger partial charge in [-0.2, -0.15) is 13.2 Å². The Kier molecular flexibility index (Phi) is 6.48. The Labute approximate surface area is 210 Å². The summed E-state index contributed by atoms with van der Waals surface area (Å²) >= 11 is 0.354. The number of halogens is 6. The van der Waals surface area contributed by atoms with Gasteiger partial charge in [0.15, 0.2) is 5.82 Å². The van der Waals surface area contributed by atoms with Crippen molar-refractivity contribution in [3.63, 3.8) is 0 Å². The van der Waals surface area contributed by atoms with E-state index in [0.717, 1.165) is 25.0 Å². The van der Waals surface area contributed by atoms with Crippen LogP contribution < -0.4 is 10.0 Å². The van der Waals surface area contributed by atoms with Crippen molar-refractivity contribution in [2.75, 3.05) is 16.6 Å². The van der Waals surface area contributed by atoms with Crippen molar-refractivity contribution in [1.29, 1.82) is 0 Å². The molecule has 1 aliphatic carbocycles. The maximum absolute atomic E-state index is 15.3. The summed E-state index contributed by atoms with van der Waals surface area (Å²) in [4.78, 5) is 23.9. The van der Waals surface area contributed by atoms with Gasteiger partial charge in [0.25, 0.3) is 0 Å². The number of benzene rings is 2. The summed E-state index contributed by atoms with van der Waals surface area (Å²) in [5.41, 5.74) is -2.19. The second-order valence-corrected chi connectivity index (χ2v) is 9.28. The van der Waals surface area contributed by atoms with Crippen LogP contribution in [0.25, 0.3) is 11.0 Å². The molecule has 2 aromatic heterocycles. The Morgan fingerprint density at radius 2 is 1.84 bits per heavy atom. The number of hydrogen-bond donors (Lipinski definition) is 3. The minimum Gasteiger partial charge on any atom is -0.369 e. The first-order valence-corrected chi connectivity index (χ1v) is 11.8. The molecule has 0 bridgehead atoms. The second kappa shape index (κ2) is 9.61. The molecule has 0 unspecified atom stereocenters. The molecule has 4 aromatic rings. The van der Waals surface area contributed by atoms with Crippen LogP contribution in [0.5, 0.6) is 0 Å². The molecule has 2 aromatic carbocycles. The summed E-state index contributed by atoms with van der Waals surface area (Å²) < 4.78 is 85.4. The van der Waals surface area contributed by atoms with Gasteiger partial charge in [-0.3, -0.25) is 4.79 Å². The number of hydrogen-bond acceptors (Lipinski definition) is 6. The van der Waals surface area contributed by atoms with Crippen LogP contribution in [-0.2, 0) is 6.18 Å². The highest BCUT2D eigenvalue weighted by atomic mass is 32.2. The SMILES string of the molecule is O=C(c1c(F)ccc(NSc2cc(C(F)(F)F)ccc2F)c1F)c1c[nH]c2ncnc(NCC3CC3)c12. The van der Waals surface area contributed by atoms with Gasteiger partial charge in [0.1, 0.15) is 29.4 Å². The monoisotopic (exact) mass is 537 g/mol. The van der Waals surface area contributed by atoms with Crippen LogP contribution in [0.2, 0.25) is 0 Å². The van der Waals surface area contributed by atoms with Crippen LogP contribution in [0.3, 0.4) is 0 Å². The molecule has 37 heavy (non-hydrogen) atoms. The number of nitrogens with zero attached hydrogens (tertiary/aromatic N) is 2. The van der Waals surface area contributed by atoms with Crippen molar-refractivity contribution < 1.29 is 31.1 Å².